The summed E-state index contributed by atoms with van der Waals surface area (Å²) in [5, 5.41) is 8.55. The van der Waals surface area contributed by atoms with Crippen molar-refractivity contribution in [2.75, 3.05) is 13.7 Å². The summed E-state index contributed by atoms with van der Waals surface area (Å²) in [5.74, 6) is 0.470. The zero-order valence-electron chi connectivity index (χ0n) is 14.0. The molecular weight excluding hydrogens is 302 g/mol. The lowest BCUT2D eigenvalue weighted by molar-refractivity contribution is 0.0949. The van der Waals surface area contributed by atoms with Crippen LogP contribution in [0.25, 0.3) is 10.9 Å². The average molecular weight is 323 g/mol. The van der Waals surface area contributed by atoms with Gasteiger partial charge in [-0.05, 0) is 37.1 Å². The van der Waals surface area contributed by atoms with Crippen LogP contribution in [0.3, 0.4) is 0 Å². The Bertz CT molecular complexity index is 855. The van der Waals surface area contributed by atoms with Crippen molar-refractivity contribution in [1.29, 1.82) is 0 Å². The first-order valence-electron chi connectivity index (χ1n) is 8.03. The Hall–Kier alpha value is -2.82. The molecule has 0 saturated heterocycles. The van der Waals surface area contributed by atoms with E-state index in [1.165, 1.54) is 10.9 Å². The first-order valence-corrected chi connectivity index (χ1v) is 8.03. The van der Waals surface area contributed by atoms with Gasteiger partial charge in [-0.2, -0.15) is 5.10 Å². The lowest BCUT2D eigenvalue weighted by atomic mass is 10.1. The van der Waals surface area contributed by atoms with Crippen LogP contribution in [0.4, 0.5) is 0 Å². The minimum Gasteiger partial charge on any atom is -0.496 e. The van der Waals surface area contributed by atoms with Gasteiger partial charge < -0.3 is 10.1 Å². The van der Waals surface area contributed by atoms with Gasteiger partial charge in [0.05, 0.1) is 24.4 Å². The van der Waals surface area contributed by atoms with E-state index in [0.29, 0.717) is 17.9 Å². The molecule has 0 aliphatic rings. The summed E-state index contributed by atoms with van der Waals surface area (Å²) in [6, 6.07) is 13.4. The molecule has 5 heteroatoms. The van der Waals surface area contributed by atoms with Crippen LogP contribution in [0.1, 0.15) is 22.3 Å². The van der Waals surface area contributed by atoms with Gasteiger partial charge in [0.2, 0.25) is 0 Å². The maximum atomic E-state index is 12.2. The second kappa shape index (κ2) is 7.17. The number of methoxy groups -OCH3 is 1. The highest BCUT2D eigenvalue weighted by molar-refractivity contribution is 5.96. The van der Waals surface area contributed by atoms with Crippen LogP contribution in [-0.4, -0.2) is 29.3 Å². The third-order valence-corrected chi connectivity index (χ3v) is 4.09. The van der Waals surface area contributed by atoms with Gasteiger partial charge in [0.25, 0.3) is 5.91 Å². The summed E-state index contributed by atoms with van der Waals surface area (Å²) < 4.78 is 7.20. The molecule has 124 valence electrons. The van der Waals surface area contributed by atoms with Crippen molar-refractivity contribution in [3.63, 3.8) is 0 Å². The highest BCUT2D eigenvalue weighted by atomic mass is 16.5. The molecule has 1 aromatic heterocycles. The fourth-order valence-corrected chi connectivity index (χ4v) is 2.78. The lowest BCUT2D eigenvalue weighted by Gasteiger charge is -2.09. The quantitative estimate of drug-likeness (QED) is 0.709. The summed E-state index contributed by atoms with van der Waals surface area (Å²) in [5.41, 5.74) is 2.91. The molecule has 0 saturated carbocycles. The van der Waals surface area contributed by atoms with Crippen molar-refractivity contribution in [3.05, 3.63) is 59.8 Å². The molecule has 0 unspecified atom stereocenters. The maximum absolute atomic E-state index is 12.2. The van der Waals surface area contributed by atoms with Crippen molar-refractivity contribution in [1.82, 2.24) is 15.1 Å². The van der Waals surface area contributed by atoms with Crippen LogP contribution < -0.4 is 10.1 Å². The molecule has 0 spiro atoms. The summed E-state index contributed by atoms with van der Waals surface area (Å²) in [6.45, 7) is 3.44. The molecule has 5 nitrogen and oxygen atoms in total. The van der Waals surface area contributed by atoms with Gasteiger partial charge in [-0.25, -0.2) is 0 Å². The minimum absolute atomic E-state index is 0.117. The van der Waals surface area contributed by atoms with E-state index in [0.717, 1.165) is 18.5 Å². The molecule has 0 aliphatic heterocycles. The fourth-order valence-electron chi connectivity index (χ4n) is 2.78. The number of ether oxygens (including phenoxy) is 1. The standard InChI is InChI=1S/C19H21N3O2/c1-14-7-5-9-17-16(14)13-21-22(17)12-6-11-20-19(23)15-8-3-4-10-18(15)24-2/h3-5,7-10,13H,6,11-12H2,1-2H3,(H,20,23). The minimum atomic E-state index is -0.117. The van der Waals surface area contributed by atoms with E-state index in [2.05, 4.69) is 29.5 Å². The zero-order valence-corrected chi connectivity index (χ0v) is 14.0. The van der Waals surface area contributed by atoms with E-state index in [1.807, 2.05) is 29.1 Å². The number of rotatable bonds is 6. The Labute approximate surface area is 141 Å². The second-order valence-electron chi connectivity index (χ2n) is 5.69. The number of hydrogen-bond donors (Lipinski definition) is 1. The largest absolute Gasteiger partial charge is 0.496 e. The number of benzene rings is 2. The van der Waals surface area contributed by atoms with Gasteiger partial charge in [-0.1, -0.05) is 24.3 Å². The summed E-state index contributed by atoms with van der Waals surface area (Å²) in [6.07, 6.45) is 2.71. The summed E-state index contributed by atoms with van der Waals surface area (Å²) >= 11 is 0. The Morgan fingerprint density at radius 2 is 2.04 bits per heavy atom. The molecule has 0 fully saturated rings. The Morgan fingerprint density at radius 1 is 1.21 bits per heavy atom. The van der Waals surface area contributed by atoms with Gasteiger partial charge in [0, 0.05) is 18.5 Å². The van der Waals surface area contributed by atoms with E-state index < -0.39 is 0 Å². The number of fused-ring (bicyclic) bond motifs is 1. The molecule has 0 radical (unpaired) electrons. The third-order valence-electron chi connectivity index (χ3n) is 4.09. The van der Waals surface area contributed by atoms with E-state index in [1.54, 1.807) is 19.2 Å². The molecule has 3 rings (SSSR count). The topological polar surface area (TPSA) is 56.1 Å². The smallest absolute Gasteiger partial charge is 0.255 e. The normalized spacial score (nSPS) is 10.8. The van der Waals surface area contributed by atoms with Gasteiger partial charge in [-0.3, -0.25) is 9.48 Å². The zero-order chi connectivity index (χ0) is 16.9. The first-order chi connectivity index (χ1) is 11.7. The highest BCUT2D eigenvalue weighted by Crippen LogP contribution is 2.18. The number of amides is 1. The molecule has 24 heavy (non-hydrogen) atoms. The SMILES string of the molecule is COc1ccccc1C(=O)NCCCn1ncc2c(C)cccc21. The maximum Gasteiger partial charge on any atom is 0.255 e. The highest BCUT2D eigenvalue weighted by Gasteiger charge is 2.10. The monoisotopic (exact) mass is 323 g/mol. The predicted molar refractivity (Wildman–Crippen MR) is 94.4 cm³/mol. The molecular formula is C19H21N3O2. The van der Waals surface area contributed by atoms with Crippen LogP contribution >= 0.6 is 0 Å². The van der Waals surface area contributed by atoms with Crippen LogP contribution in [-0.2, 0) is 6.54 Å². The number of carbonyl (C=O) groups excluding carboxylic acids is 1. The number of aromatic nitrogens is 2. The van der Waals surface area contributed by atoms with E-state index in [4.69, 9.17) is 4.74 Å². The second-order valence-corrected chi connectivity index (χ2v) is 5.69. The van der Waals surface area contributed by atoms with E-state index in [-0.39, 0.29) is 5.91 Å². The van der Waals surface area contributed by atoms with Crippen LogP contribution in [0.5, 0.6) is 5.75 Å². The third kappa shape index (κ3) is 3.25. The molecule has 0 aliphatic carbocycles. The van der Waals surface area contributed by atoms with E-state index >= 15 is 0 Å². The van der Waals surface area contributed by atoms with Crippen molar-refractivity contribution in [3.8, 4) is 5.75 Å². The molecule has 0 atom stereocenters. The number of hydrogen-bond acceptors (Lipinski definition) is 3. The Balaban J connectivity index is 1.57. The van der Waals surface area contributed by atoms with Crippen molar-refractivity contribution in [2.45, 2.75) is 19.9 Å². The van der Waals surface area contributed by atoms with Crippen molar-refractivity contribution in [2.24, 2.45) is 0 Å². The van der Waals surface area contributed by atoms with Gasteiger partial charge in [0.1, 0.15) is 5.75 Å². The number of nitrogens with one attached hydrogen (secondary N) is 1. The van der Waals surface area contributed by atoms with Gasteiger partial charge >= 0.3 is 0 Å². The van der Waals surface area contributed by atoms with Gasteiger partial charge in [0.15, 0.2) is 0 Å². The molecule has 2 aromatic carbocycles. The van der Waals surface area contributed by atoms with Crippen molar-refractivity contribution >= 4 is 16.8 Å². The molecule has 3 aromatic rings. The molecule has 0 bridgehead atoms. The van der Waals surface area contributed by atoms with Crippen molar-refractivity contribution < 1.29 is 9.53 Å². The number of carbonyl (C=O) groups is 1. The molecule has 1 N–H and O–H groups in total. The van der Waals surface area contributed by atoms with Crippen LogP contribution in [0.2, 0.25) is 0 Å². The predicted octanol–water partition coefficient (Wildman–Crippen LogP) is 3.17. The van der Waals surface area contributed by atoms with Gasteiger partial charge in [-0.15, -0.1) is 0 Å². The number of para-hydroxylation sites is 1. The Kier molecular flexibility index (Phi) is 4.79. The number of nitrogens with zero attached hydrogens (tertiary/aromatic N) is 2. The molecule has 1 amide bonds. The number of aryl methyl sites for hydroxylation is 2. The first kappa shape index (κ1) is 16.1. The summed E-state index contributed by atoms with van der Waals surface area (Å²) in [7, 11) is 1.57. The average Bonchev–Trinajstić information content (AvgIpc) is 3.03. The fraction of sp³-hybridized carbons (Fsp3) is 0.263. The molecule has 1 heterocycles. The summed E-state index contributed by atoms with van der Waals surface area (Å²) in [4.78, 5) is 12.2. The Morgan fingerprint density at radius 3 is 2.88 bits per heavy atom. The lowest BCUT2D eigenvalue weighted by Crippen LogP contribution is -2.25. The van der Waals surface area contributed by atoms with Crippen LogP contribution in [0, 0.1) is 6.92 Å². The van der Waals surface area contributed by atoms with E-state index in [9.17, 15) is 4.79 Å². The van der Waals surface area contributed by atoms with Crippen LogP contribution in [0.15, 0.2) is 48.7 Å².